The van der Waals surface area contributed by atoms with Crippen molar-refractivity contribution in [2.24, 2.45) is 27.3 Å². The van der Waals surface area contributed by atoms with Crippen molar-refractivity contribution in [1.82, 2.24) is 25.5 Å². The number of sulfonamides is 2. The van der Waals surface area contributed by atoms with E-state index in [2.05, 4.69) is 30.1 Å². The third kappa shape index (κ3) is 14.4. The predicted molar refractivity (Wildman–Crippen MR) is 228 cm³/mol. The number of aliphatic imine (C=N–C) groups is 2. The van der Waals surface area contributed by atoms with Crippen molar-refractivity contribution in [3.05, 3.63) is 87.5 Å². The van der Waals surface area contributed by atoms with Gasteiger partial charge in [0.2, 0.25) is 17.8 Å². The van der Waals surface area contributed by atoms with Gasteiger partial charge in [0.15, 0.2) is 0 Å². The summed E-state index contributed by atoms with van der Waals surface area (Å²) < 4.78 is 67.4. The van der Waals surface area contributed by atoms with E-state index in [9.17, 15) is 31.2 Å². The largest absolute Gasteiger partial charge is 0.497 e. The predicted octanol–water partition coefficient (Wildman–Crippen LogP) is 1.76. The Morgan fingerprint density at radius 1 is 0.667 bits per heavy atom. The Morgan fingerprint density at radius 2 is 1.08 bits per heavy atom. The average Bonchev–Trinajstić information content (AvgIpc) is 3.14. The number of aryl methyl sites for hydroxylation is 6. The van der Waals surface area contributed by atoms with Crippen LogP contribution < -0.4 is 47.6 Å². The summed E-state index contributed by atoms with van der Waals surface area (Å²) in [6.45, 7) is 10.2. The molecule has 0 bridgehead atoms. The molecule has 60 heavy (non-hydrogen) atoms. The van der Waals surface area contributed by atoms with Crippen molar-refractivity contribution >= 4 is 49.9 Å². The highest BCUT2D eigenvalue weighted by Crippen LogP contribution is 2.23. The van der Waals surface area contributed by atoms with Crippen LogP contribution in [0, 0.1) is 41.5 Å². The minimum Gasteiger partial charge on any atom is -0.497 e. The van der Waals surface area contributed by atoms with Crippen LogP contribution in [0.25, 0.3) is 0 Å². The topological polar surface area (TPSA) is 301 Å². The summed E-state index contributed by atoms with van der Waals surface area (Å²) in [6, 6.07) is 11.3. The van der Waals surface area contributed by atoms with Crippen molar-refractivity contribution in [3.8, 4) is 5.75 Å². The minimum atomic E-state index is -4.06. The normalized spacial score (nSPS) is 13.1. The molecule has 0 heterocycles. The van der Waals surface area contributed by atoms with Crippen LogP contribution in [0.1, 0.15) is 64.6 Å². The number of nitrogens with one attached hydrogen (secondary N) is 5. The number of alkyl carbamates (subject to hydrolysis) is 1. The molecule has 11 N–H and O–H groups in total. The number of guanidine groups is 2. The summed E-state index contributed by atoms with van der Waals surface area (Å²) >= 11 is 0. The number of carbonyl (C=O) groups excluding carboxylic acids is 3. The molecule has 0 unspecified atom stereocenters. The zero-order chi connectivity index (χ0) is 44.8. The number of benzene rings is 3. The summed E-state index contributed by atoms with van der Waals surface area (Å²) in [6.07, 6.45) is -0.711. The Morgan fingerprint density at radius 3 is 1.48 bits per heavy atom. The number of hydrazine groups is 1. The highest BCUT2D eigenvalue weighted by atomic mass is 32.2. The SMILES string of the molecule is COc1ccc(COC(=O)N[C@@H](CCCN=C(N)NS(=O)(=O)c2c(C)cc(C)cc2C)C(=O)N[C@@H](CCCN=C(N)NS(=O)(=O)c2c(C)cc(C)cc2C)C(=O)NN)cc1. The molecule has 3 aromatic carbocycles. The maximum Gasteiger partial charge on any atom is 0.408 e. The van der Waals surface area contributed by atoms with Crippen LogP contribution in [0.3, 0.4) is 0 Å². The van der Waals surface area contributed by atoms with Gasteiger partial charge in [0, 0.05) is 13.1 Å². The van der Waals surface area contributed by atoms with Crippen LogP contribution in [-0.4, -0.2) is 78.9 Å². The molecule has 19 nitrogen and oxygen atoms in total. The van der Waals surface area contributed by atoms with Crippen molar-refractivity contribution < 1.29 is 40.7 Å². The molecular formula is C39H56N10O9S2. The lowest BCUT2D eigenvalue weighted by Crippen LogP contribution is -2.54. The summed E-state index contributed by atoms with van der Waals surface area (Å²) in [5, 5.41) is 5.09. The number of methoxy groups -OCH3 is 1. The first-order valence-corrected chi connectivity index (χ1v) is 21.8. The van der Waals surface area contributed by atoms with Crippen molar-refractivity contribution in [2.45, 2.75) is 95.7 Å². The highest BCUT2D eigenvalue weighted by molar-refractivity contribution is 7.90. The third-order valence-corrected chi connectivity index (χ3v) is 12.3. The second-order valence-electron chi connectivity index (χ2n) is 14.2. The summed E-state index contributed by atoms with van der Waals surface area (Å²) in [5.74, 6) is 3.75. The van der Waals surface area contributed by atoms with Gasteiger partial charge in [-0.15, -0.1) is 0 Å². The first-order chi connectivity index (χ1) is 28.2. The molecule has 0 aromatic heterocycles. The average molecular weight is 873 g/mol. The van der Waals surface area contributed by atoms with Gasteiger partial charge in [-0.1, -0.05) is 47.5 Å². The molecule has 3 aromatic rings. The van der Waals surface area contributed by atoms with E-state index in [0.717, 1.165) is 11.1 Å². The lowest BCUT2D eigenvalue weighted by molar-refractivity contribution is -0.130. The zero-order valence-corrected chi connectivity index (χ0v) is 36.5. The van der Waals surface area contributed by atoms with E-state index >= 15 is 0 Å². The smallest absolute Gasteiger partial charge is 0.408 e. The molecule has 0 spiro atoms. The summed E-state index contributed by atoms with van der Waals surface area (Å²) in [4.78, 5) is 47.7. The van der Waals surface area contributed by atoms with E-state index in [1.54, 1.807) is 76.2 Å². The second kappa shape index (κ2) is 21.9. The van der Waals surface area contributed by atoms with E-state index in [1.807, 2.05) is 19.3 Å². The number of nitrogens with two attached hydrogens (primary N) is 3. The van der Waals surface area contributed by atoms with Gasteiger partial charge in [-0.05, 0) is 107 Å². The first-order valence-electron chi connectivity index (χ1n) is 18.9. The van der Waals surface area contributed by atoms with Crippen molar-refractivity contribution in [3.63, 3.8) is 0 Å². The summed E-state index contributed by atoms with van der Waals surface area (Å²) in [5.41, 5.74) is 18.5. The van der Waals surface area contributed by atoms with E-state index in [1.165, 1.54) is 7.11 Å². The van der Waals surface area contributed by atoms with Crippen LogP contribution in [0.5, 0.6) is 5.75 Å². The van der Waals surface area contributed by atoms with Gasteiger partial charge in [-0.2, -0.15) is 0 Å². The van der Waals surface area contributed by atoms with Gasteiger partial charge in [-0.25, -0.2) is 36.9 Å². The monoisotopic (exact) mass is 872 g/mol. The fourth-order valence-corrected chi connectivity index (χ4v) is 9.39. The number of ether oxygens (including phenoxy) is 2. The lowest BCUT2D eigenvalue weighted by atomic mass is 10.1. The van der Waals surface area contributed by atoms with E-state index in [0.29, 0.717) is 33.6 Å². The second-order valence-corrected chi connectivity index (χ2v) is 17.4. The van der Waals surface area contributed by atoms with E-state index < -0.39 is 50.0 Å². The first kappa shape index (κ1) is 48.4. The molecule has 0 aliphatic heterocycles. The van der Waals surface area contributed by atoms with Crippen molar-refractivity contribution in [1.29, 1.82) is 0 Å². The van der Waals surface area contributed by atoms with Gasteiger partial charge in [0.25, 0.3) is 26.0 Å². The molecule has 328 valence electrons. The molecule has 21 heteroatoms. The zero-order valence-electron chi connectivity index (χ0n) is 34.8. The lowest BCUT2D eigenvalue weighted by Gasteiger charge is -2.22. The summed E-state index contributed by atoms with van der Waals surface area (Å²) in [7, 11) is -6.59. The minimum absolute atomic E-state index is 0.00990. The van der Waals surface area contributed by atoms with E-state index in [-0.39, 0.29) is 67.1 Å². The molecule has 0 aliphatic carbocycles. The molecule has 0 fully saturated rings. The van der Waals surface area contributed by atoms with Crippen LogP contribution >= 0.6 is 0 Å². The van der Waals surface area contributed by atoms with Gasteiger partial charge in [0.05, 0.1) is 16.9 Å². The van der Waals surface area contributed by atoms with Crippen LogP contribution in [0.4, 0.5) is 4.79 Å². The van der Waals surface area contributed by atoms with E-state index in [4.69, 9.17) is 26.8 Å². The Kier molecular flexibility index (Phi) is 17.7. The highest BCUT2D eigenvalue weighted by Gasteiger charge is 2.27. The number of hydrogen-bond donors (Lipinski definition) is 8. The van der Waals surface area contributed by atoms with Crippen LogP contribution in [-0.2, 0) is 41.0 Å². The maximum absolute atomic E-state index is 13.6. The fourth-order valence-electron chi connectivity index (χ4n) is 6.58. The Labute approximate surface area is 351 Å². The molecule has 0 radical (unpaired) electrons. The quantitative estimate of drug-likeness (QED) is 0.0214. The van der Waals surface area contributed by atoms with Gasteiger partial charge in [0.1, 0.15) is 24.4 Å². The number of amides is 3. The molecule has 0 saturated heterocycles. The third-order valence-electron chi connectivity index (χ3n) is 9.00. The molecule has 0 aliphatic rings. The molecule has 3 rings (SSSR count). The van der Waals surface area contributed by atoms with Gasteiger partial charge in [-0.3, -0.25) is 25.0 Å². The number of hydrogen-bond acceptors (Lipinski definition) is 12. The van der Waals surface area contributed by atoms with Gasteiger partial charge < -0.3 is 31.6 Å². The Balaban J connectivity index is 1.69. The molecule has 0 saturated carbocycles. The maximum atomic E-state index is 13.6. The number of rotatable bonds is 19. The number of carbonyl (C=O) groups is 3. The van der Waals surface area contributed by atoms with Crippen LogP contribution in [0.2, 0.25) is 0 Å². The Bertz CT molecular complexity index is 2250. The standard InChI is InChI=1S/C39H56N10O9S2/c1-23-18-25(3)33(26(4)19-23)59(53,54)48-37(40)43-16-8-10-31(46-39(52)58-22-29-12-14-30(57-7)15-13-29)35(50)45-32(36(51)47-42)11-9-17-44-38(41)49-60(55,56)34-27(5)20-24(2)21-28(34)6/h12-15,18-21,31-32H,8-11,16-17,22,42H2,1-7H3,(H,45,50)(H,46,52)(H,47,51)(H3,40,43,48)(H3,41,44,49)/t31-,32-/m0/s1. The number of nitrogens with zero attached hydrogens (tertiary/aromatic N) is 2. The fraction of sp³-hybridized carbons (Fsp3) is 0.410. The van der Waals surface area contributed by atoms with Gasteiger partial charge >= 0.3 is 6.09 Å². The Hall–Kier alpha value is -5.93. The molecule has 2 atom stereocenters. The molecular weight excluding hydrogens is 817 g/mol. The van der Waals surface area contributed by atoms with Crippen molar-refractivity contribution in [2.75, 3.05) is 20.2 Å². The van der Waals surface area contributed by atoms with Crippen LogP contribution in [0.15, 0.2) is 68.3 Å². The molecule has 3 amide bonds.